The first-order valence-electron chi connectivity index (χ1n) is 10.00. The fraction of sp³-hybridized carbons (Fsp3) is 0.200. The van der Waals surface area contributed by atoms with Crippen molar-refractivity contribution in [1.82, 2.24) is 0 Å². The lowest BCUT2D eigenvalue weighted by Crippen LogP contribution is -2.31. The number of carbonyl (C=O) groups is 2. The van der Waals surface area contributed by atoms with Gasteiger partial charge in [-0.25, -0.2) is 4.90 Å². The molecular weight excluding hydrogens is 408 g/mol. The van der Waals surface area contributed by atoms with Crippen molar-refractivity contribution in [2.45, 2.75) is 19.6 Å². The summed E-state index contributed by atoms with van der Waals surface area (Å²) in [5, 5.41) is 0. The number of imide groups is 1. The van der Waals surface area contributed by atoms with Gasteiger partial charge in [-0.3, -0.25) is 9.59 Å². The molecule has 0 saturated heterocycles. The highest BCUT2D eigenvalue weighted by Gasteiger charge is 2.40. The average Bonchev–Trinajstić information content (AvgIpc) is 3.33. The molecule has 0 bridgehead atoms. The molecule has 0 saturated carbocycles. The zero-order valence-electron chi connectivity index (χ0n) is 18.0. The number of carbonyl (C=O) groups excluding carboxylic acids is 2. The molecule has 2 amide bonds. The number of aryl methyl sites for hydroxylation is 2. The van der Waals surface area contributed by atoms with E-state index in [0.717, 1.165) is 28.1 Å². The summed E-state index contributed by atoms with van der Waals surface area (Å²) >= 11 is 1.34. The molecule has 0 unspecified atom stereocenters. The molecule has 1 aliphatic heterocycles. The highest BCUT2D eigenvalue weighted by molar-refractivity contribution is 8.03. The Bertz CT molecular complexity index is 1160. The second-order valence-electron chi connectivity index (χ2n) is 7.75. The van der Waals surface area contributed by atoms with Crippen molar-refractivity contribution < 1.29 is 14.0 Å². The van der Waals surface area contributed by atoms with Gasteiger partial charge in [0.05, 0.1) is 28.2 Å². The summed E-state index contributed by atoms with van der Waals surface area (Å²) < 4.78 is 5.42. The van der Waals surface area contributed by atoms with Crippen molar-refractivity contribution in [3.8, 4) is 0 Å². The van der Waals surface area contributed by atoms with E-state index in [1.807, 2.05) is 87.4 Å². The monoisotopic (exact) mass is 432 g/mol. The van der Waals surface area contributed by atoms with Crippen LogP contribution in [0.3, 0.4) is 0 Å². The van der Waals surface area contributed by atoms with E-state index in [1.54, 1.807) is 6.26 Å². The maximum absolute atomic E-state index is 13.5. The van der Waals surface area contributed by atoms with Crippen LogP contribution in [0.4, 0.5) is 11.4 Å². The predicted octanol–water partition coefficient (Wildman–Crippen LogP) is 5.18. The summed E-state index contributed by atoms with van der Waals surface area (Å²) in [5.74, 6) is 0.639. The minimum Gasteiger partial charge on any atom is -0.468 e. The smallest absolute Gasteiger partial charge is 0.272 e. The number of amides is 2. The zero-order valence-corrected chi connectivity index (χ0v) is 18.8. The van der Waals surface area contributed by atoms with Crippen LogP contribution >= 0.6 is 11.8 Å². The largest absolute Gasteiger partial charge is 0.468 e. The van der Waals surface area contributed by atoms with Crippen molar-refractivity contribution in [3.05, 3.63) is 88.2 Å². The van der Waals surface area contributed by atoms with Gasteiger partial charge in [-0.1, -0.05) is 23.8 Å². The number of benzene rings is 2. The van der Waals surface area contributed by atoms with Crippen LogP contribution in [-0.2, 0) is 15.3 Å². The Morgan fingerprint density at radius 3 is 2.32 bits per heavy atom. The molecule has 0 radical (unpaired) electrons. The van der Waals surface area contributed by atoms with Gasteiger partial charge in [0.1, 0.15) is 5.76 Å². The van der Waals surface area contributed by atoms with Gasteiger partial charge in [-0.05, 0) is 61.4 Å². The molecule has 1 aliphatic rings. The molecule has 6 heteroatoms. The number of thioether (sulfide) groups is 1. The molecule has 0 aliphatic carbocycles. The van der Waals surface area contributed by atoms with Crippen LogP contribution in [0.2, 0.25) is 0 Å². The minimum atomic E-state index is -0.297. The van der Waals surface area contributed by atoms with Crippen LogP contribution in [0.15, 0.2) is 70.2 Å². The molecule has 0 spiro atoms. The van der Waals surface area contributed by atoms with Gasteiger partial charge in [0.15, 0.2) is 0 Å². The van der Waals surface area contributed by atoms with E-state index in [1.165, 1.54) is 16.7 Å². The topological polar surface area (TPSA) is 53.8 Å². The Hall–Kier alpha value is -3.25. The van der Waals surface area contributed by atoms with Crippen LogP contribution in [-0.4, -0.2) is 25.9 Å². The van der Waals surface area contributed by atoms with E-state index in [4.69, 9.17) is 4.42 Å². The maximum Gasteiger partial charge on any atom is 0.272 e. The summed E-state index contributed by atoms with van der Waals surface area (Å²) in [4.78, 5) is 30.7. The molecule has 3 aromatic rings. The molecule has 4 rings (SSSR count). The molecule has 0 N–H and O–H groups in total. The molecule has 158 valence electrons. The van der Waals surface area contributed by atoms with E-state index in [-0.39, 0.29) is 11.8 Å². The first-order valence-corrected chi connectivity index (χ1v) is 11.0. The third kappa shape index (κ3) is 4.03. The summed E-state index contributed by atoms with van der Waals surface area (Å²) in [5.41, 5.74) is 4.89. The van der Waals surface area contributed by atoms with Crippen molar-refractivity contribution in [2.24, 2.45) is 0 Å². The van der Waals surface area contributed by atoms with Gasteiger partial charge < -0.3 is 9.32 Å². The van der Waals surface area contributed by atoms with Crippen molar-refractivity contribution in [2.75, 3.05) is 23.9 Å². The van der Waals surface area contributed by atoms with Crippen LogP contribution in [0.25, 0.3) is 5.57 Å². The lowest BCUT2D eigenvalue weighted by atomic mass is 9.99. The standard InChI is InChI=1S/C25H24N2O3S/c1-16-7-12-21(17(2)14-16)22-23(31-15-20-6-5-13-30-20)25(29)27(24(22)28)19-10-8-18(9-11-19)26(3)4/h5-14H,15H2,1-4H3. The lowest BCUT2D eigenvalue weighted by molar-refractivity contribution is -0.119. The lowest BCUT2D eigenvalue weighted by Gasteiger charge is -2.18. The quantitative estimate of drug-likeness (QED) is 0.503. The number of hydrogen-bond acceptors (Lipinski definition) is 5. The summed E-state index contributed by atoms with van der Waals surface area (Å²) in [6.07, 6.45) is 1.61. The predicted molar refractivity (Wildman–Crippen MR) is 126 cm³/mol. The Labute approximate surface area is 186 Å². The molecule has 31 heavy (non-hydrogen) atoms. The van der Waals surface area contributed by atoms with Gasteiger partial charge in [0.25, 0.3) is 11.8 Å². The van der Waals surface area contributed by atoms with Crippen LogP contribution in [0, 0.1) is 13.8 Å². The van der Waals surface area contributed by atoms with E-state index in [9.17, 15) is 9.59 Å². The van der Waals surface area contributed by atoms with Gasteiger partial charge in [-0.2, -0.15) is 0 Å². The first kappa shape index (κ1) is 21.0. The Morgan fingerprint density at radius 2 is 1.71 bits per heavy atom. The second-order valence-corrected chi connectivity index (χ2v) is 8.73. The number of nitrogens with zero attached hydrogens (tertiary/aromatic N) is 2. The normalized spacial score (nSPS) is 14.0. The fourth-order valence-corrected chi connectivity index (χ4v) is 4.65. The van der Waals surface area contributed by atoms with Crippen LogP contribution < -0.4 is 9.80 Å². The van der Waals surface area contributed by atoms with Crippen LogP contribution in [0.1, 0.15) is 22.5 Å². The zero-order chi connectivity index (χ0) is 22.1. The Morgan fingerprint density at radius 1 is 0.968 bits per heavy atom. The van der Waals surface area contributed by atoms with Crippen molar-refractivity contribution in [1.29, 1.82) is 0 Å². The maximum atomic E-state index is 13.5. The van der Waals surface area contributed by atoms with Crippen molar-refractivity contribution >= 4 is 40.5 Å². The van der Waals surface area contributed by atoms with Gasteiger partial charge in [-0.15, -0.1) is 11.8 Å². The Balaban J connectivity index is 1.75. The molecule has 2 heterocycles. The third-order valence-electron chi connectivity index (χ3n) is 5.26. The number of rotatable bonds is 6. The van der Waals surface area contributed by atoms with E-state index >= 15 is 0 Å². The highest BCUT2D eigenvalue weighted by Crippen LogP contribution is 2.40. The molecule has 5 nitrogen and oxygen atoms in total. The summed E-state index contributed by atoms with van der Waals surface area (Å²) in [6.45, 7) is 3.98. The Kier molecular flexibility index (Phi) is 5.74. The molecule has 1 aromatic heterocycles. The highest BCUT2D eigenvalue weighted by atomic mass is 32.2. The van der Waals surface area contributed by atoms with E-state index < -0.39 is 0 Å². The number of hydrogen-bond donors (Lipinski definition) is 0. The van der Waals surface area contributed by atoms with Crippen molar-refractivity contribution in [3.63, 3.8) is 0 Å². The molecular formula is C25H24N2O3S. The van der Waals surface area contributed by atoms with Gasteiger partial charge in [0, 0.05) is 19.8 Å². The SMILES string of the molecule is Cc1ccc(C2=C(SCc3ccco3)C(=O)N(c3ccc(N(C)C)cc3)C2=O)c(C)c1. The molecule has 0 atom stereocenters. The summed E-state index contributed by atoms with van der Waals surface area (Å²) in [6, 6.07) is 17.0. The van der Waals surface area contributed by atoms with E-state index in [2.05, 4.69) is 0 Å². The van der Waals surface area contributed by atoms with Gasteiger partial charge >= 0.3 is 0 Å². The minimum absolute atomic E-state index is 0.295. The second kappa shape index (κ2) is 8.47. The molecule has 2 aromatic carbocycles. The molecule has 0 fully saturated rings. The third-order valence-corrected chi connectivity index (χ3v) is 6.35. The average molecular weight is 433 g/mol. The first-order chi connectivity index (χ1) is 14.9. The number of anilines is 2. The summed E-state index contributed by atoms with van der Waals surface area (Å²) in [7, 11) is 3.90. The van der Waals surface area contributed by atoms with E-state index in [0.29, 0.717) is 21.9 Å². The fourth-order valence-electron chi connectivity index (χ4n) is 3.65. The van der Waals surface area contributed by atoms with Gasteiger partial charge in [0.2, 0.25) is 0 Å². The van der Waals surface area contributed by atoms with Crippen LogP contribution in [0.5, 0.6) is 0 Å². The number of furan rings is 1.